The average Bonchev–Trinajstić information content (AvgIpc) is 3.68. The summed E-state index contributed by atoms with van der Waals surface area (Å²) < 4.78 is 65.5. The number of pyridine rings is 1. The predicted molar refractivity (Wildman–Crippen MR) is 175 cm³/mol. The molecule has 0 saturated carbocycles. The van der Waals surface area contributed by atoms with Crippen molar-refractivity contribution in [2.75, 3.05) is 65.0 Å². The van der Waals surface area contributed by atoms with Crippen LogP contribution in [0, 0.1) is 0 Å². The quantitative estimate of drug-likeness (QED) is 0.120. The van der Waals surface area contributed by atoms with Crippen LogP contribution in [0.4, 0.5) is 22.7 Å². The van der Waals surface area contributed by atoms with Gasteiger partial charge in [0.25, 0.3) is 0 Å². The Hall–Kier alpha value is -3.63. The number of nitrogens with zero attached hydrogens (tertiary/aromatic N) is 7. The maximum atomic E-state index is 14.3. The van der Waals surface area contributed by atoms with Crippen LogP contribution in [0.3, 0.4) is 0 Å². The van der Waals surface area contributed by atoms with Crippen molar-refractivity contribution in [3.8, 4) is 17.1 Å². The highest BCUT2D eigenvalue weighted by atomic mass is 32.1. The first-order chi connectivity index (χ1) is 22.5. The van der Waals surface area contributed by atoms with Crippen LogP contribution in [0.15, 0.2) is 34.7 Å². The fraction of sp³-hybridized carbons (Fsp3) is 0.581. The maximum absolute atomic E-state index is 14.3. The second-order valence-corrected chi connectivity index (χ2v) is 12.2. The lowest BCUT2D eigenvalue weighted by atomic mass is 10.1. The molecule has 0 spiro atoms. The Morgan fingerprint density at radius 3 is 2.66 bits per heavy atom. The summed E-state index contributed by atoms with van der Waals surface area (Å²) in [5.41, 5.74) is -0.312. The number of alkyl halides is 3. The summed E-state index contributed by atoms with van der Waals surface area (Å²) in [6.45, 7) is 12.0. The Morgan fingerprint density at radius 1 is 1.23 bits per heavy atom. The number of hydrogen-bond acceptors (Lipinski definition) is 10. The molecule has 4 rings (SSSR count). The molecule has 1 unspecified atom stereocenters. The number of anilines is 1. The molecule has 1 atom stereocenters. The highest BCUT2D eigenvalue weighted by Crippen LogP contribution is 2.40. The van der Waals surface area contributed by atoms with Crippen LogP contribution in [-0.2, 0) is 22.3 Å². The number of aromatic nitrogens is 2. The molecule has 16 heteroatoms. The predicted octanol–water partition coefficient (Wildman–Crippen LogP) is 5.46. The molecule has 258 valence electrons. The average molecular weight is 683 g/mol. The zero-order chi connectivity index (χ0) is 34.0. The van der Waals surface area contributed by atoms with E-state index in [0.717, 1.165) is 43.9 Å². The first-order valence-electron chi connectivity index (χ1n) is 15.7. The van der Waals surface area contributed by atoms with Crippen LogP contribution in [0.2, 0.25) is 0 Å². The molecule has 2 fully saturated rings. The van der Waals surface area contributed by atoms with Crippen molar-refractivity contribution in [3.05, 3.63) is 35.1 Å². The van der Waals surface area contributed by atoms with Crippen LogP contribution in [0.5, 0.6) is 5.88 Å². The molecular formula is C31H42F4N8O3S. The summed E-state index contributed by atoms with van der Waals surface area (Å²) in [6, 6.07) is 1.42. The standard InChI is InChI=1S/C31H42F4N8O3S/c1-5-23-8-7-10-43(23)18-25-27(22-16-24(31(33,34)35)29(45-4)37-17-22)40-30(47-25)39-20-36-19-38-28(21(3)32)42-14-12-41(13-15-42)11-9-26(44)46-6-2/h16-17,19,23H,3,5-15,18,20H2,1-2,4H3,(H,39,40). The Bertz CT molecular complexity index is 1430. The minimum absolute atomic E-state index is 0.0551. The van der Waals surface area contributed by atoms with Gasteiger partial charge in [-0.15, -0.1) is 11.3 Å². The number of methoxy groups -OCH3 is 1. The first kappa shape index (κ1) is 36.2. The SMILES string of the molecule is C=C(F)C(=NC=NCNc1nc(-c2cnc(OC)c(C(F)(F)F)c2)c(CN2CCCC2CC)s1)N1CCN(CCC(=O)OCC)CC1. The summed E-state index contributed by atoms with van der Waals surface area (Å²) in [5.74, 6) is -1.34. The lowest BCUT2D eigenvalue weighted by Crippen LogP contribution is -2.49. The van der Waals surface area contributed by atoms with E-state index in [1.54, 1.807) is 11.8 Å². The number of likely N-dealkylation sites (tertiary alicyclic amines) is 1. The first-order valence-corrected chi connectivity index (χ1v) is 16.5. The number of aliphatic imine (C=N–C) groups is 2. The molecule has 2 aliphatic rings. The maximum Gasteiger partial charge on any atom is 0.421 e. The van der Waals surface area contributed by atoms with Crippen molar-refractivity contribution < 1.29 is 31.8 Å². The van der Waals surface area contributed by atoms with E-state index in [9.17, 15) is 22.4 Å². The molecule has 11 nitrogen and oxygen atoms in total. The molecule has 4 heterocycles. The summed E-state index contributed by atoms with van der Waals surface area (Å²) in [4.78, 5) is 35.7. The number of rotatable bonds is 14. The van der Waals surface area contributed by atoms with Crippen molar-refractivity contribution in [3.63, 3.8) is 0 Å². The van der Waals surface area contributed by atoms with Gasteiger partial charge in [-0.05, 0) is 38.8 Å². The number of amidine groups is 1. The zero-order valence-corrected chi connectivity index (χ0v) is 27.8. The van der Waals surface area contributed by atoms with Gasteiger partial charge >= 0.3 is 12.1 Å². The molecule has 0 radical (unpaired) electrons. The van der Waals surface area contributed by atoms with Gasteiger partial charge in [-0.2, -0.15) is 13.2 Å². The van der Waals surface area contributed by atoms with E-state index < -0.39 is 23.4 Å². The molecule has 2 aromatic rings. The molecule has 2 aromatic heterocycles. The van der Waals surface area contributed by atoms with E-state index in [4.69, 9.17) is 9.47 Å². The molecule has 1 N–H and O–H groups in total. The third-order valence-electron chi connectivity index (χ3n) is 8.07. The molecule has 0 aromatic carbocycles. The summed E-state index contributed by atoms with van der Waals surface area (Å²) in [6.07, 6.45) is 1.36. The Morgan fingerprint density at radius 2 is 2.00 bits per heavy atom. The molecule has 0 amide bonds. The van der Waals surface area contributed by atoms with Crippen molar-refractivity contribution >= 4 is 34.6 Å². The van der Waals surface area contributed by atoms with Crippen LogP contribution in [0.1, 0.15) is 50.0 Å². The second kappa shape index (κ2) is 17.0. The third-order valence-corrected chi connectivity index (χ3v) is 9.07. The largest absolute Gasteiger partial charge is 0.481 e. The molecule has 0 aliphatic carbocycles. The third kappa shape index (κ3) is 9.93. The number of nitrogens with one attached hydrogen (secondary N) is 1. The minimum Gasteiger partial charge on any atom is -0.481 e. The number of ether oxygens (including phenoxy) is 2. The number of esters is 1. The molecule has 47 heavy (non-hydrogen) atoms. The summed E-state index contributed by atoms with van der Waals surface area (Å²) in [7, 11) is 1.15. The number of hydrogen-bond donors (Lipinski definition) is 1. The van der Waals surface area contributed by atoms with Crippen molar-refractivity contribution in [1.82, 2.24) is 24.7 Å². The van der Waals surface area contributed by atoms with E-state index in [0.29, 0.717) is 69.2 Å². The Balaban J connectivity index is 1.44. The number of piperazine rings is 1. The monoisotopic (exact) mass is 682 g/mol. The highest BCUT2D eigenvalue weighted by molar-refractivity contribution is 7.16. The van der Waals surface area contributed by atoms with Gasteiger partial charge in [-0.1, -0.05) is 13.5 Å². The highest BCUT2D eigenvalue weighted by Gasteiger charge is 2.36. The van der Waals surface area contributed by atoms with Gasteiger partial charge in [-0.3, -0.25) is 19.6 Å². The van der Waals surface area contributed by atoms with Gasteiger partial charge in [0.2, 0.25) is 5.88 Å². The topological polar surface area (TPSA) is 108 Å². The number of halogens is 4. The van der Waals surface area contributed by atoms with Crippen LogP contribution in [0.25, 0.3) is 11.3 Å². The number of carbonyl (C=O) groups excluding carboxylic acids is 1. The van der Waals surface area contributed by atoms with Crippen molar-refractivity contribution in [2.45, 2.75) is 58.3 Å². The Kier molecular flexibility index (Phi) is 13.1. The summed E-state index contributed by atoms with van der Waals surface area (Å²) in [5, 5.41) is 3.57. The second-order valence-electron chi connectivity index (χ2n) is 11.1. The number of carbonyl (C=O) groups is 1. The van der Waals surface area contributed by atoms with Gasteiger partial charge in [0, 0.05) is 61.9 Å². The van der Waals surface area contributed by atoms with Gasteiger partial charge in [-0.25, -0.2) is 19.4 Å². The van der Waals surface area contributed by atoms with Crippen LogP contribution >= 0.6 is 11.3 Å². The van der Waals surface area contributed by atoms with Gasteiger partial charge in [0.05, 0.1) is 25.8 Å². The normalized spacial score (nSPS) is 18.2. The van der Waals surface area contributed by atoms with E-state index in [-0.39, 0.29) is 24.0 Å². The minimum atomic E-state index is -4.65. The lowest BCUT2D eigenvalue weighted by molar-refractivity contribution is -0.143. The van der Waals surface area contributed by atoms with Crippen molar-refractivity contribution in [2.24, 2.45) is 9.98 Å². The van der Waals surface area contributed by atoms with Crippen LogP contribution < -0.4 is 10.1 Å². The molecular weight excluding hydrogens is 640 g/mol. The lowest BCUT2D eigenvalue weighted by Gasteiger charge is -2.35. The number of thiazole rings is 1. The van der Waals surface area contributed by atoms with Gasteiger partial charge in [0.15, 0.2) is 16.8 Å². The fourth-order valence-corrected chi connectivity index (χ4v) is 6.69. The van der Waals surface area contributed by atoms with E-state index in [1.807, 2.05) is 0 Å². The fourth-order valence-electron chi connectivity index (χ4n) is 5.70. The Labute approximate surface area is 276 Å². The van der Waals surface area contributed by atoms with Gasteiger partial charge in [0.1, 0.15) is 18.6 Å². The zero-order valence-electron chi connectivity index (χ0n) is 27.0. The van der Waals surface area contributed by atoms with E-state index in [2.05, 4.69) is 48.6 Å². The van der Waals surface area contributed by atoms with E-state index in [1.165, 1.54) is 23.9 Å². The summed E-state index contributed by atoms with van der Waals surface area (Å²) >= 11 is 1.35. The smallest absolute Gasteiger partial charge is 0.421 e. The van der Waals surface area contributed by atoms with Gasteiger partial charge < -0.3 is 19.7 Å². The molecule has 0 bridgehead atoms. The van der Waals surface area contributed by atoms with Crippen molar-refractivity contribution in [1.29, 1.82) is 0 Å². The van der Waals surface area contributed by atoms with Crippen LogP contribution in [-0.4, -0.2) is 109 Å². The molecule has 2 aliphatic heterocycles. The molecule has 2 saturated heterocycles. The van der Waals surface area contributed by atoms with E-state index >= 15 is 0 Å².